The lowest BCUT2D eigenvalue weighted by atomic mass is 9.93. The van der Waals surface area contributed by atoms with Crippen LogP contribution in [0.1, 0.15) is 32.8 Å². The van der Waals surface area contributed by atoms with Crippen LogP contribution in [-0.2, 0) is 6.54 Å². The van der Waals surface area contributed by atoms with Crippen molar-refractivity contribution in [2.24, 2.45) is 10.4 Å². The molecule has 1 aromatic carbocycles. The molecule has 134 valence electrons. The van der Waals surface area contributed by atoms with Crippen LogP contribution in [0.4, 0.5) is 0 Å². The molecule has 1 heterocycles. The van der Waals surface area contributed by atoms with Crippen molar-refractivity contribution in [1.29, 1.82) is 0 Å². The van der Waals surface area contributed by atoms with Gasteiger partial charge in [0.1, 0.15) is 0 Å². The monoisotopic (exact) mass is 353 g/mol. The summed E-state index contributed by atoms with van der Waals surface area (Å²) in [5, 5.41) is 3.98. The van der Waals surface area contributed by atoms with E-state index in [4.69, 9.17) is 21.1 Å². The maximum absolute atomic E-state index is 6.33. The molecule has 6 heteroatoms. The van der Waals surface area contributed by atoms with Crippen LogP contribution in [0.25, 0.3) is 0 Å². The highest BCUT2D eigenvalue weighted by molar-refractivity contribution is 6.32. The van der Waals surface area contributed by atoms with Gasteiger partial charge in [-0.2, -0.15) is 0 Å². The van der Waals surface area contributed by atoms with Gasteiger partial charge in [0.25, 0.3) is 0 Å². The zero-order valence-corrected chi connectivity index (χ0v) is 16.0. The van der Waals surface area contributed by atoms with Crippen LogP contribution in [-0.4, -0.2) is 44.7 Å². The van der Waals surface area contributed by atoms with E-state index >= 15 is 0 Å². The first-order valence-corrected chi connectivity index (χ1v) is 8.73. The minimum absolute atomic E-state index is 0.337. The number of hydrogen-bond acceptors (Lipinski definition) is 3. The van der Waals surface area contributed by atoms with E-state index in [0.29, 0.717) is 35.1 Å². The molecule has 0 amide bonds. The zero-order chi connectivity index (χ0) is 17.7. The first-order valence-electron chi connectivity index (χ1n) is 8.35. The van der Waals surface area contributed by atoms with Crippen molar-refractivity contribution in [3.05, 3.63) is 22.7 Å². The minimum Gasteiger partial charge on any atom is -0.493 e. The molecule has 0 aromatic heterocycles. The summed E-state index contributed by atoms with van der Waals surface area (Å²) in [6.07, 6.45) is 1.18. The molecule has 0 saturated carbocycles. The van der Waals surface area contributed by atoms with Crippen LogP contribution in [0.5, 0.6) is 11.5 Å². The Kier molecular flexibility index (Phi) is 6.21. The van der Waals surface area contributed by atoms with Crippen LogP contribution >= 0.6 is 11.6 Å². The fourth-order valence-corrected chi connectivity index (χ4v) is 3.25. The van der Waals surface area contributed by atoms with Crippen LogP contribution in [0.3, 0.4) is 0 Å². The number of hydrogen-bond donors (Lipinski definition) is 1. The number of guanidine groups is 1. The van der Waals surface area contributed by atoms with Crippen LogP contribution in [0.2, 0.25) is 5.02 Å². The largest absolute Gasteiger partial charge is 0.493 e. The average molecular weight is 354 g/mol. The van der Waals surface area contributed by atoms with E-state index < -0.39 is 0 Å². The van der Waals surface area contributed by atoms with Crippen molar-refractivity contribution in [2.75, 3.05) is 33.9 Å². The maximum Gasteiger partial charge on any atom is 0.193 e. The molecule has 1 fully saturated rings. The van der Waals surface area contributed by atoms with Gasteiger partial charge in [0.2, 0.25) is 0 Å². The van der Waals surface area contributed by atoms with E-state index in [1.165, 1.54) is 6.42 Å². The molecule has 0 radical (unpaired) electrons. The summed E-state index contributed by atoms with van der Waals surface area (Å²) in [5.41, 5.74) is 1.36. The van der Waals surface area contributed by atoms with E-state index in [2.05, 4.69) is 29.1 Å². The van der Waals surface area contributed by atoms with Gasteiger partial charge in [0.05, 0.1) is 18.7 Å². The normalized spacial score (nSPS) is 17.1. The number of likely N-dealkylation sites (tertiary alicyclic amines) is 1. The lowest BCUT2D eigenvalue weighted by Crippen LogP contribution is -2.40. The van der Waals surface area contributed by atoms with E-state index in [0.717, 1.165) is 24.6 Å². The van der Waals surface area contributed by atoms with Gasteiger partial charge < -0.3 is 19.7 Å². The first kappa shape index (κ1) is 18.7. The van der Waals surface area contributed by atoms with Gasteiger partial charge in [-0.25, -0.2) is 0 Å². The highest BCUT2D eigenvalue weighted by Gasteiger charge is 2.30. The molecule has 0 spiro atoms. The Hall–Kier alpha value is -1.62. The Morgan fingerprint density at radius 2 is 2.17 bits per heavy atom. The number of rotatable bonds is 5. The SMILES string of the molecule is CCOc1c(Cl)cc(CNC(=NC)N2CCC(C)(C)C2)cc1OC. The number of halogens is 1. The third-order valence-electron chi connectivity index (χ3n) is 4.22. The lowest BCUT2D eigenvalue weighted by molar-refractivity contribution is 0.311. The summed E-state index contributed by atoms with van der Waals surface area (Å²) >= 11 is 6.33. The number of methoxy groups -OCH3 is 1. The van der Waals surface area contributed by atoms with Crippen molar-refractivity contribution in [3.63, 3.8) is 0 Å². The van der Waals surface area contributed by atoms with Crippen LogP contribution in [0.15, 0.2) is 17.1 Å². The number of nitrogens with one attached hydrogen (secondary N) is 1. The molecule has 1 aliphatic heterocycles. The predicted molar refractivity (Wildman–Crippen MR) is 99.3 cm³/mol. The average Bonchev–Trinajstić information content (AvgIpc) is 2.90. The van der Waals surface area contributed by atoms with Crippen molar-refractivity contribution < 1.29 is 9.47 Å². The second-order valence-corrected chi connectivity index (χ2v) is 7.19. The van der Waals surface area contributed by atoms with E-state index in [1.807, 2.05) is 26.1 Å². The Bertz CT molecular complexity index is 602. The topological polar surface area (TPSA) is 46.1 Å². The lowest BCUT2D eigenvalue weighted by Gasteiger charge is -2.24. The van der Waals surface area contributed by atoms with Gasteiger partial charge in [-0.15, -0.1) is 0 Å². The van der Waals surface area contributed by atoms with Crippen LogP contribution in [0, 0.1) is 5.41 Å². The molecule has 1 aromatic rings. The molecule has 1 N–H and O–H groups in total. The third kappa shape index (κ3) is 4.47. The second-order valence-electron chi connectivity index (χ2n) is 6.78. The van der Waals surface area contributed by atoms with Crippen molar-refractivity contribution in [2.45, 2.75) is 33.7 Å². The number of ether oxygens (including phenoxy) is 2. The quantitative estimate of drug-likeness (QED) is 0.649. The van der Waals surface area contributed by atoms with Gasteiger partial charge in [0.15, 0.2) is 17.5 Å². The van der Waals surface area contributed by atoms with Crippen molar-refractivity contribution in [1.82, 2.24) is 10.2 Å². The molecule has 24 heavy (non-hydrogen) atoms. The molecule has 5 nitrogen and oxygen atoms in total. The number of aliphatic imine (C=N–C) groups is 1. The van der Waals surface area contributed by atoms with Crippen LogP contribution < -0.4 is 14.8 Å². The second kappa shape index (κ2) is 7.97. The third-order valence-corrected chi connectivity index (χ3v) is 4.50. The van der Waals surface area contributed by atoms with Gasteiger partial charge >= 0.3 is 0 Å². The van der Waals surface area contributed by atoms with E-state index in [9.17, 15) is 0 Å². The molecule has 0 atom stereocenters. The highest BCUT2D eigenvalue weighted by Crippen LogP contribution is 2.36. The maximum atomic E-state index is 6.33. The summed E-state index contributed by atoms with van der Waals surface area (Å²) < 4.78 is 11.0. The molecule has 2 rings (SSSR count). The van der Waals surface area contributed by atoms with Gasteiger partial charge in [-0.3, -0.25) is 4.99 Å². The molecular formula is C18H28ClN3O2. The highest BCUT2D eigenvalue weighted by atomic mass is 35.5. The molecule has 0 unspecified atom stereocenters. The van der Waals surface area contributed by atoms with Gasteiger partial charge in [-0.05, 0) is 36.5 Å². The number of nitrogens with zero attached hydrogens (tertiary/aromatic N) is 2. The fourth-order valence-electron chi connectivity index (χ4n) is 2.97. The van der Waals surface area contributed by atoms with Gasteiger partial charge in [-0.1, -0.05) is 25.4 Å². The van der Waals surface area contributed by atoms with Gasteiger partial charge in [0, 0.05) is 26.7 Å². The fraction of sp³-hybridized carbons (Fsp3) is 0.611. The van der Waals surface area contributed by atoms with E-state index in [-0.39, 0.29) is 0 Å². The first-order chi connectivity index (χ1) is 11.4. The zero-order valence-electron chi connectivity index (χ0n) is 15.3. The molecule has 1 aliphatic rings. The number of benzene rings is 1. The summed E-state index contributed by atoms with van der Waals surface area (Å²) in [4.78, 5) is 6.70. The Morgan fingerprint density at radius 1 is 1.42 bits per heavy atom. The summed E-state index contributed by atoms with van der Waals surface area (Å²) in [7, 11) is 3.44. The van der Waals surface area contributed by atoms with Crippen molar-refractivity contribution >= 4 is 17.6 Å². The molecular weight excluding hydrogens is 326 g/mol. The standard InChI is InChI=1S/C18H28ClN3O2/c1-6-24-16-14(19)9-13(10-15(16)23-5)11-21-17(20-4)22-8-7-18(2,3)12-22/h9-10H,6-8,11-12H2,1-5H3,(H,20,21). The van der Waals surface area contributed by atoms with E-state index in [1.54, 1.807) is 7.11 Å². The summed E-state index contributed by atoms with van der Waals surface area (Å²) in [6, 6.07) is 3.86. The molecule has 1 saturated heterocycles. The smallest absolute Gasteiger partial charge is 0.193 e. The Labute approximate surface area is 150 Å². The Morgan fingerprint density at radius 3 is 2.71 bits per heavy atom. The predicted octanol–water partition coefficient (Wildman–Crippen LogP) is 3.55. The summed E-state index contributed by atoms with van der Waals surface area (Å²) in [5.74, 6) is 2.17. The minimum atomic E-state index is 0.337. The molecule has 0 aliphatic carbocycles. The Balaban J connectivity index is 2.07. The van der Waals surface area contributed by atoms with Crippen molar-refractivity contribution in [3.8, 4) is 11.5 Å². The molecule has 0 bridgehead atoms. The summed E-state index contributed by atoms with van der Waals surface area (Å²) in [6.45, 7) is 9.72.